The summed E-state index contributed by atoms with van der Waals surface area (Å²) in [6.07, 6.45) is 2.39. The number of benzene rings is 1. The maximum atomic E-state index is 9.29. The highest BCUT2D eigenvalue weighted by molar-refractivity contribution is 6.30. The second-order valence-electron chi connectivity index (χ2n) is 4.66. The number of halogens is 2. The van der Waals surface area contributed by atoms with Gasteiger partial charge in [-0.05, 0) is 29.8 Å². The minimum absolute atomic E-state index is 0.0931. The summed E-state index contributed by atoms with van der Waals surface area (Å²) in [5.41, 5.74) is 0.786. The third-order valence-corrected chi connectivity index (χ3v) is 3.54. The Morgan fingerprint density at radius 1 is 1.26 bits per heavy atom. The number of hydrogen-bond acceptors (Lipinski definition) is 6. The number of nitrogens with zero attached hydrogens (tertiary/aromatic N) is 3. The van der Waals surface area contributed by atoms with Crippen LogP contribution in [-0.4, -0.2) is 28.2 Å². The van der Waals surface area contributed by atoms with Gasteiger partial charge in [0.05, 0.1) is 13.2 Å². The number of rotatable bonds is 5. The molecule has 1 aromatic heterocycles. The van der Waals surface area contributed by atoms with Gasteiger partial charge in [-0.1, -0.05) is 23.7 Å². The second kappa shape index (κ2) is 7.04. The molecular formula is C15H13Cl2N3O3. The van der Waals surface area contributed by atoms with Crippen LogP contribution in [0, 0.1) is 0 Å². The van der Waals surface area contributed by atoms with Crippen LogP contribution in [0.4, 0.5) is 5.82 Å². The van der Waals surface area contributed by atoms with Crippen LogP contribution in [0.2, 0.25) is 10.3 Å². The monoisotopic (exact) mass is 353 g/mol. The second-order valence-corrected chi connectivity index (χ2v) is 5.43. The number of ether oxygens (including phenoxy) is 2. The molecule has 2 aromatic rings. The van der Waals surface area contributed by atoms with E-state index in [1.165, 1.54) is 12.5 Å². The van der Waals surface area contributed by atoms with E-state index in [4.69, 9.17) is 32.7 Å². The molecule has 23 heavy (non-hydrogen) atoms. The molecule has 0 radical (unpaired) electrons. The normalized spacial score (nSPS) is 16.5. The number of hydrogen-bond donors (Lipinski definition) is 1. The molecule has 1 aliphatic heterocycles. The maximum Gasteiger partial charge on any atom is 0.268 e. The summed E-state index contributed by atoms with van der Waals surface area (Å²) in [5.74, 6) is 0.916. The zero-order valence-electron chi connectivity index (χ0n) is 11.9. The average Bonchev–Trinajstić information content (AvgIpc) is 3.02. The Morgan fingerprint density at radius 3 is 2.87 bits per heavy atom. The van der Waals surface area contributed by atoms with E-state index >= 15 is 0 Å². The fourth-order valence-corrected chi connectivity index (χ4v) is 2.47. The van der Waals surface area contributed by atoms with Gasteiger partial charge in [-0.3, -0.25) is 4.90 Å². The van der Waals surface area contributed by atoms with Crippen LogP contribution >= 0.6 is 23.2 Å². The van der Waals surface area contributed by atoms with E-state index in [1.54, 1.807) is 23.1 Å². The molecule has 0 saturated heterocycles. The van der Waals surface area contributed by atoms with Gasteiger partial charge in [-0.25, -0.2) is 9.97 Å². The summed E-state index contributed by atoms with van der Waals surface area (Å²) in [6.45, 7) is 0.176. The molecule has 0 saturated carbocycles. The fourth-order valence-electron chi connectivity index (χ4n) is 2.13. The van der Waals surface area contributed by atoms with Crippen molar-refractivity contribution in [3.63, 3.8) is 0 Å². The first-order chi connectivity index (χ1) is 11.2. The third-order valence-electron chi connectivity index (χ3n) is 3.12. The Morgan fingerprint density at radius 2 is 2.13 bits per heavy atom. The largest absolute Gasteiger partial charge is 0.453 e. The molecule has 0 bridgehead atoms. The first kappa shape index (κ1) is 15.9. The van der Waals surface area contributed by atoms with E-state index in [0.717, 1.165) is 5.56 Å². The van der Waals surface area contributed by atoms with Gasteiger partial charge in [0.25, 0.3) is 6.29 Å². The van der Waals surface area contributed by atoms with Crippen molar-refractivity contribution < 1.29 is 14.6 Å². The standard InChI is InChI=1S/C15H13Cl2N3O3/c16-11-3-1-2-10(8-11)14-22-9-13(23-14)20(6-7-21)12-4-5-18-15(17)19-12/h1-5,8-9,14,21H,6-7H2. The Labute approximate surface area is 142 Å². The lowest BCUT2D eigenvalue weighted by Gasteiger charge is -2.23. The number of aromatic nitrogens is 2. The van der Waals surface area contributed by atoms with Gasteiger partial charge in [-0.15, -0.1) is 0 Å². The smallest absolute Gasteiger partial charge is 0.268 e. The third kappa shape index (κ3) is 3.67. The van der Waals surface area contributed by atoms with Crippen LogP contribution in [-0.2, 0) is 9.47 Å². The molecule has 6 nitrogen and oxygen atoms in total. The summed E-state index contributed by atoms with van der Waals surface area (Å²) in [4.78, 5) is 9.61. The first-order valence-electron chi connectivity index (χ1n) is 6.82. The molecule has 0 aliphatic carbocycles. The Kier molecular flexibility index (Phi) is 4.85. The molecule has 1 aliphatic rings. The van der Waals surface area contributed by atoms with Gasteiger partial charge in [-0.2, -0.15) is 0 Å². The van der Waals surface area contributed by atoms with Crippen molar-refractivity contribution in [2.45, 2.75) is 6.29 Å². The highest BCUT2D eigenvalue weighted by Gasteiger charge is 2.27. The summed E-state index contributed by atoms with van der Waals surface area (Å²) in [6, 6.07) is 8.87. The minimum Gasteiger partial charge on any atom is -0.453 e. The molecular weight excluding hydrogens is 341 g/mol. The van der Waals surface area contributed by atoms with E-state index < -0.39 is 6.29 Å². The highest BCUT2D eigenvalue weighted by Crippen LogP contribution is 2.32. The van der Waals surface area contributed by atoms with Crippen molar-refractivity contribution in [1.29, 1.82) is 0 Å². The predicted molar refractivity (Wildman–Crippen MR) is 85.9 cm³/mol. The van der Waals surface area contributed by atoms with Crippen molar-refractivity contribution in [1.82, 2.24) is 9.97 Å². The number of aliphatic hydroxyl groups excluding tert-OH is 1. The lowest BCUT2D eigenvalue weighted by molar-refractivity contribution is -0.0352. The van der Waals surface area contributed by atoms with E-state index in [-0.39, 0.29) is 18.4 Å². The van der Waals surface area contributed by atoms with Crippen LogP contribution in [0.3, 0.4) is 0 Å². The zero-order valence-corrected chi connectivity index (χ0v) is 13.4. The summed E-state index contributed by atoms with van der Waals surface area (Å²) in [5, 5.41) is 9.99. The summed E-state index contributed by atoms with van der Waals surface area (Å²) >= 11 is 11.8. The SMILES string of the molecule is OCCN(C1=COC(c2cccc(Cl)c2)O1)c1ccnc(Cl)n1. The Balaban J connectivity index is 1.79. The van der Waals surface area contributed by atoms with Crippen LogP contribution in [0.5, 0.6) is 0 Å². The van der Waals surface area contributed by atoms with Crippen molar-refractivity contribution in [3.8, 4) is 0 Å². The van der Waals surface area contributed by atoms with Gasteiger partial charge in [0.2, 0.25) is 11.2 Å². The van der Waals surface area contributed by atoms with Gasteiger partial charge >= 0.3 is 0 Å². The zero-order chi connectivity index (χ0) is 16.2. The van der Waals surface area contributed by atoms with Crippen LogP contribution in [0.1, 0.15) is 11.9 Å². The fraction of sp³-hybridized carbons (Fsp3) is 0.200. The number of anilines is 1. The molecule has 0 fully saturated rings. The van der Waals surface area contributed by atoms with Gasteiger partial charge in [0, 0.05) is 16.8 Å². The van der Waals surface area contributed by atoms with Crippen molar-refractivity contribution >= 4 is 29.0 Å². The van der Waals surface area contributed by atoms with Gasteiger partial charge in [0.15, 0.2) is 0 Å². The first-order valence-corrected chi connectivity index (χ1v) is 7.57. The van der Waals surface area contributed by atoms with Crippen molar-refractivity contribution in [3.05, 3.63) is 64.5 Å². The Bertz CT molecular complexity index is 727. The molecule has 3 rings (SSSR count). The molecule has 1 aromatic carbocycles. The number of aliphatic hydroxyl groups is 1. The maximum absolute atomic E-state index is 9.29. The van der Waals surface area contributed by atoms with Crippen LogP contribution in [0.25, 0.3) is 0 Å². The molecule has 2 heterocycles. The quantitative estimate of drug-likeness (QED) is 0.833. The lowest BCUT2D eigenvalue weighted by Crippen LogP contribution is -2.27. The van der Waals surface area contributed by atoms with E-state index in [1.807, 2.05) is 12.1 Å². The molecule has 120 valence electrons. The molecule has 1 N–H and O–H groups in total. The molecule has 0 amide bonds. The predicted octanol–water partition coefficient (Wildman–Crippen LogP) is 3.13. The topological polar surface area (TPSA) is 67.7 Å². The highest BCUT2D eigenvalue weighted by atomic mass is 35.5. The van der Waals surface area contributed by atoms with Gasteiger partial charge in [0.1, 0.15) is 12.1 Å². The molecule has 8 heteroatoms. The van der Waals surface area contributed by atoms with Crippen molar-refractivity contribution in [2.75, 3.05) is 18.1 Å². The van der Waals surface area contributed by atoms with Crippen molar-refractivity contribution in [2.24, 2.45) is 0 Å². The average molecular weight is 354 g/mol. The van der Waals surface area contributed by atoms with E-state index in [9.17, 15) is 5.11 Å². The molecule has 0 spiro atoms. The lowest BCUT2D eigenvalue weighted by atomic mass is 10.2. The summed E-state index contributed by atoms with van der Waals surface area (Å²) < 4.78 is 11.3. The van der Waals surface area contributed by atoms with Crippen LogP contribution < -0.4 is 4.90 Å². The Hall–Kier alpha value is -2.02. The minimum atomic E-state index is -0.609. The van der Waals surface area contributed by atoms with Gasteiger partial charge < -0.3 is 14.6 Å². The summed E-state index contributed by atoms with van der Waals surface area (Å²) in [7, 11) is 0. The van der Waals surface area contributed by atoms with E-state index in [0.29, 0.717) is 16.7 Å². The molecule has 1 atom stereocenters. The van der Waals surface area contributed by atoms with E-state index in [2.05, 4.69) is 9.97 Å². The van der Waals surface area contributed by atoms with Crippen LogP contribution in [0.15, 0.2) is 48.7 Å². The molecule has 1 unspecified atom stereocenters.